The number of aromatic hydroxyl groups is 1. The summed E-state index contributed by atoms with van der Waals surface area (Å²) in [7, 11) is 1.63. The summed E-state index contributed by atoms with van der Waals surface area (Å²) in [5.41, 5.74) is 1.49. The number of ether oxygens (including phenoxy) is 2. The number of aromatic nitrogens is 2. The van der Waals surface area contributed by atoms with Crippen LogP contribution in [0.4, 0.5) is 0 Å². The number of carboxylic acid groups (broad SMARTS) is 1. The average molecular weight is 304 g/mol. The molecule has 0 fully saturated rings. The SMILES string of the molecule is Cn1nc(C[C@@H](CC(=O)O)c2ccc3c(c2)OCO3)cc1O. The Morgan fingerprint density at radius 2 is 2.14 bits per heavy atom. The summed E-state index contributed by atoms with van der Waals surface area (Å²) in [4.78, 5) is 11.1. The van der Waals surface area contributed by atoms with E-state index in [9.17, 15) is 9.90 Å². The van der Waals surface area contributed by atoms with Gasteiger partial charge in [0.15, 0.2) is 11.5 Å². The maximum absolute atomic E-state index is 11.1. The molecule has 0 unspecified atom stereocenters. The van der Waals surface area contributed by atoms with Crippen LogP contribution in [0.2, 0.25) is 0 Å². The molecule has 1 atom stereocenters. The van der Waals surface area contributed by atoms with Crippen molar-refractivity contribution < 1.29 is 24.5 Å². The van der Waals surface area contributed by atoms with Gasteiger partial charge in [-0.25, -0.2) is 4.68 Å². The number of aryl methyl sites for hydroxylation is 1. The molecule has 0 radical (unpaired) electrons. The molecule has 2 heterocycles. The molecule has 1 aliphatic rings. The van der Waals surface area contributed by atoms with Crippen molar-refractivity contribution in [2.45, 2.75) is 18.8 Å². The lowest BCUT2D eigenvalue weighted by molar-refractivity contribution is -0.137. The lowest BCUT2D eigenvalue weighted by Crippen LogP contribution is -2.10. The van der Waals surface area contributed by atoms with E-state index in [0.29, 0.717) is 23.6 Å². The molecular formula is C15H16N2O5. The predicted octanol–water partition coefficient (Wildman–Crippen LogP) is 1.66. The Kier molecular flexibility index (Phi) is 3.62. The van der Waals surface area contributed by atoms with E-state index < -0.39 is 5.97 Å². The van der Waals surface area contributed by atoms with E-state index in [1.165, 1.54) is 4.68 Å². The van der Waals surface area contributed by atoms with Gasteiger partial charge >= 0.3 is 5.97 Å². The van der Waals surface area contributed by atoms with E-state index in [1.807, 2.05) is 6.07 Å². The van der Waals surface area contributed by atoms with E-state index in [1.54, 1.807) is 25.2 Å². The summed E-state index contributed by atoms with van der Waals surface area (Å²) >= 11 is 0. The van der Waals surface area contributed by atoms with Gasteiger partial charge in [0.25, 0.3) is 0 Å². The number of rotatable bonds is 5. The maximum Gasteiger partial charge on any atom is 0.303 e. The topological polar surface area (TPSA) is 93.8 Å². The van der Waals surface area contributed by atoms with Gasteiger partial charge < -0.3 is 19.7 Å². The van der Waals surface area contributed by atoms with Gasteiger partial charge in [-0.1, -0.05) is 6.07 Å². The Bertz CT molecular complexity index is 690. The van der Waals surface area contributed by atoms with E-state index in [4.69, 9.17) is 14.6 Å². The first-order chi connectivity index (χ1) is 10.5. The Morgan fingerprint density at radius 3 is 2.82 bits per heavy atom. The molecule has 1 aromatic carbocycles. The summed E-state index contributed by atoms with van der Waals surface area (Å²) in [6, 6.07) is 6.97. The van der Waals surface area contributed by atoms with E-state index in [2.05, 4.69) is 5.10 Å². The van der Waals surface area contributed by atoms with Crippen molar-refractivity contribution in [1.82, 2.24) is 9.78 Å². The van der Waals surface area contributed by atoms with Gasteiger partial charge in [0, 0.05) is 19.0 Å². The van der Waals surface area contributed by atoms with Crippen LogP contribution >= 0.6 is 0 Å². The third kappa shape index (κ3) is 2.83. The highest BCUT2D eigenvalue weighted by Gasteiger charge is 2.22. The Labute approximate surface area is 126 Å². The molecule has 0 amide bonds. The summed E-state index contributed by atoms with van der Waals surface area (Å²) in [6.45, 7) is 0.177. The van der Waals surface area contributed by atoms with Crippen LogP contribution in [0.25, 0.3) is 0 Å². The van der Waals surface area contributed by atoms with Gasteiger partial charge in [-0.2, -0.15) is 5.10 Å². The van der Waals surface area contributed by atoms with Crippen LogP contribution in [0.1, 0.15) is 23.6 Å². The number of hydrogen-bond acceptors (Lipinski definition) is 5. The highest BCUT2D eigenvalue weighted by Crippen LogP contribution is 2.36. The van der Waals surface area contributed by atoms with E-state index >= 15 is 0 Å². The second kappa shape index (κ2) is 5.59. The fourth-order valence-corrected chi connectivity index (χ4v) is 2.55. The zero-order valence-electron chi connectivity index (χ0n) is 12.0. The Hall–Kier alpha value is -2.70. The van der Waals surface area contributed by atoms with Crippen LogP contribution < -0.4 is 9.47 Å². The molecule has 2 N–H and O–H groups in total. The van der Waals surface area contributed by atoms with E-state index in [-0.39, 0.29) is 25.0 Å². The minimum Gasteiger partial charge on any atom is -0.493 e. The predicted molar refractivity (Wildman–Crippen MR) is 76.1 cm³/mol. The highest BCUT2D eigenvalue weighted by molar-refractivity contribution is 5.68. The fraction of sp³-hybridized carbons (Fsp3) is 0.333. The zero-order valence-corrected chi connectivity index (χ0v) is 12.0. The minimum atomic E-state index is -0.886. The minimum absolute atomic E-state index is 0.0308. The molecular weight excluding hydrogens is 288 g/mol. The molecule has 22 heavy (non-hydrogen) atoms. The van der Waals surface area contributed by atoms with Gasteiger partial charge in [-0.15, -0.1) is 0 Å². The first-order valence-corrected chi connectivity index (χ1v) is 6.86. The summed E-state index contributed by atoms with van der Waals surface area (Å²) in [5, 5.41) is 22.9. The van der Waals surface area contributed by atoms with Crippen LogP contribution in [0.5, 0.6) is 17.4 Å². The molecule has 7 heteroatoms. The van der Waals surface area contributed by atoms with Crippen molar-refractivity contribution in [2.24, 2.45) is 7.05 Å². The molecule has 7 nitrogen and oxygen atoms in total. The number of aliphatic carboxylic acids is 1. The normalized spacial score (nSPS) is 14.0. The molecule has 0 saturated heterocycles. The highest BCUT2D eigenvalue weighted by atomic mass is 16.7. The molecule has 1 aliphatic heterocycles. The second-order valence-electron chi connectivity index (χ2n) is 5.23. The number of fused-ring (bicyclic) bond motifs is 1. The van der Waals surface area contributed by atoms with Gasteiger partial charge in [0.05, 0.1) is 12.1 Å². The maximum atomic E-state index is 11.1. The Morgan fingerprint density at radius 1 is 1.36 bits per heavy atom. The summed E-state index contributed by atoms with van der Waals surface area (Å²) < 4.78 is 12.0. The van der Waals surface area contributed by atoms with Gasteiger partial charge in [-0.3, -0.25) is 4.79 Å². The Balaban J connectivity index is 1.87. The number of carboxylic acids is 1. The van der Waals surface area contributed by atoms with Gasteiger partial charge in [0.2, 0.25) is 12.7 Å². The van der Waals surface area contributed by atoms with Gasteiger partial charge in [0.1, 0.15) is 0 Å². The molecule has 116 valence electrons. The van der Waals surface area contributed by atoms with Crippen LogP contribution in [0, 0.1) is 0 Å². The number of hydrogen-bond donors (Lipinski definition) is 2. The molecule has 2 aromatic rings. The number of benzene rings is 1. The smallest absolute Gasteiger partial charge is 0.303 e. The second-order valence-corrected chi connectivity index (χ2v) is 5.23. The van der Waals surface area contributed by atoms with Crippen molar-refractivity contribution in [2.75, 3.05) is 6.79 Å². The van der Waals surface area contributed by atoms with E-state index in [0.717, 1.165) is 5.56 Å². The third-order valence-corrected chi connectivity index (χ3v) is 3.65. The number of nitrogens with zero attached hydrogens (tertiary/aromatic N) is 2. The van der Waals surface area contributed by atoms with Crippen LogP contribution in [0.3, 0.4) is 0 Å². The number of carbonyl (C=O) groups is 1. The molecule has 0 spiro atoms. The lowest BCUT2D eigenvalue weighted by Gasteiger charge is -2.14. The molecule has 0 aliphatic carbocycles. The average Bonchev–Trinajstić information content (AvgIpc) is 3.04. The van der Waals surface area contributed by atoms with Crippen LogP contribution in [-0.2, 0) is 18.3 Å². The van der Waals surface area contributed by atoms with Crippen molar-refractivity contribution in [3.8, 4) is 17.4 Å². The first kappa shape index (κ1) is 14.2. The van der Waals surface area contributed by atoms with Crippen LogP contribution in [-0.4, -0.2) is 32.8 Å². The largest absolute Gasteiger partial charge is 0.493 e. The van der Waals surface area contributed by atoms with Crippen molar-refractivity contribution >= 4 is 5.97 Å². The first-order valence-electron chi connectivity index (χ1n) is 6.86. The molecule has 1 aromatic heterocycles. The van der Waals surface area contributed by atoms with Gasteiger partial charge in [-0.05, 0) is 24.1 Å². The van der Waals surface area contributed by atoms with Crippen LogP contribution in [0.15, 0.2) is 24.3 Å². The lowest BCUT2D eigenvalue weighted by atomic mass is 9.91. The van der Waals surface area contributed by atoms with Crippen molar-refractivity contribution in [3.63, 3.8) is 0 Å². The van der Waals surface area contributed by atoms with Crippen molar-refractivity contribution in [1.29, 1.82) is 0 Å². The quantitative estimate of drug-likeness (QED) is 0.872. The summed E-state index contributed by atoms with van der Waals surface area (Å²) in [5.74, 6) is 0.184. The molecule has 0 saturated carbocycles. The monoisotopic (exact) mass is 304 g/mol. The molecule has 3 rings (SSSR count). The zero-order chi connectivity index (χ0) is 15.7. The third-order valence-electron chi connectivity index (χ3n) is 3.65. The fourth-order valence-electron chi connectivity index (χ4n) is 2.55. The molecule has 0 bridgehead atoms. The standard InChI is InChI=1S/C15H16N2O5/c1-17-14(18)7-11(16-17)4-10(6-15(19)20)9-2-3-12-13(5-9)22-8-21-12/h2-3,5,7,10,18H,4,6,8H2,1H3,(H,19,20)/t10-/m0/s1. The summed E-state index contributed by atoms with van der Waals surface area (Å²) in [6.07, 6.45) is 0.386. The van der Waals surface area contributed by atoms with Crippen molar-refractivity contribution in [3.05, 3.63) is 35.5 Å².